The van der Waals surface area contributed by atoms with Crippen LogP contribution in [-0.2, 0) is 0 Å². The van der Waals surface area contributed by atoms with Crippen molar-refractivity contribution >= 4 is 5.69 Å². The first-order valence-corrected chi connectivity index (χ1v) is 7.65. The predicted molar refractivity (Wildman–Crippen MR) is 75.7 cm³/mol. The largest absolute Gasteiger partial charge is 0.367 e. The molecule has 0 aromatic heterocycles. The van der Waals surface area contributed by atoms with E-state index in [9.17, 15) is 4.39 Å². The lowest BCUT2D eigenvalue weighted by Crippen LogP contribution is -2.59. The van der Waals surface area contributed by atoms with Crippen molar-refractivity contribution < 1.29 is 4.39 Å². The minimum Gasteiger partial charge on any atom is -0.367 e. The second-order valence-corrected chi connectivity index (χ2v) is 7.15. The maximum atomic E-state index is 14.1. The number of halogens is 1. The molecule has 4 bridgehead atoms. The maximum Gasteiger partial charge on any atom is 0.146 e. The number of para-hydroxylation sites is 1. The summed E-state index contributed by atoms with van der Waals surface area (Å²) in [4.78, 5) is 2.28. The SMILES string of the molecule is CN(c1ccccc1F)C12CC3CC(CC(C3)C1)C2. The lowest BCUT2D eigenvalue weighted by Gasteiger charge is -2.60. The fourth-order valence-electron chi connectivity index (χ4n) is 5.45. The van der Waals surface area contributed by atoms with Crippen LogP contribution >= 0.6 is 0 Å². The molecule has 19 heavy (non-hydrogen) atoms. The summed E-state index contributed by atoms with van der Waals surface area (Å²) < 4.78 is 14.1. The summed E-state index contributed by atoms with van der Waals surface area (Å²) in [6.45, 7) is 0. The van der Waals surface area contributed by atoms with Crippen molar-refractivity contribution in [1.82, 2.24) is 0 Å². The summed E-state index contributed by atoms with van der Waals surface area (Å²) in [5.41, 5.74) is 1.04. The molecule has 4 saturated carbocycles. The average molecular weight is 259 g/mol. The van der Waals surface area contributed by atoms with Crippen LogP contribution in [0.15, 0.2) is 24.3 Å². The molecule has 0 aliphatic heterocycles. The van der Waals surface area contributed by atoms with Gasteiger partial charge in [-0.2, -0.15) is 0 Å². The Hall–Kier alpha value is -1.05. The van der Waals surface area contributed by atoms with Gasteiger partial charge in [-0.25, -0.2) is 4.39 Å². The van der Waals surface area contributed by atoms with E-state index in [0.717, 1.165) is 23.4 Å². The molecule has 102 valence electrons. The molecule has 4 fully saturated rings. The van der Waals surface area contributed by atoms with E-state index >= 15 is 0 Å². The molecule has 0 amide bonds. The number of hydrogen-bond donors (Lipinski definition) is 0. The zero-order valence-corrected chi connectivity index (χ0v) is 11.6. The zero-order chi connectivity index (χ0) is 13.0. The van der Waals surface area contributed by atoms with E-state index in [1.165, 1.54) is 38.5 Å². The molecule has 0 spiro atoms. The van der Waals surface area contributed by atoms with Crippen molar-refractivity contribution in [2.75, 3.05) is 11.9 Å². The molecule has 5 rings (SSSR count). The third kappa shape index (κ3) is 1.72. The lowest BCUT2D eigenvalue weighted by atomic mass is 9.52. The highest BCUT2D eigenvalue weighted by Crippen LogP contribution is 2.58. The topological polar surface area (TPSA) is 3.24 Å². The van der Waals surface area contributed by atoms with Gasteiger partial charge in [0.2, 0.25) is 0 Å². The summed E-state index contributed by atoms with van der Waals surface area (Å²) in [7, 11) is 2.12. The van der Waals surface area contributed by atoms with E-state index < -0.39 is 0 Å². The minimum absolute atomic E-state index is 0.0688. The second kappa shape index (κ2) is 3.97. The number of nitrogens with zero attached hydrogens (tertiary/aromatic N) is 1. The summed E-state index contributed by atoms with van der Waals surface area (Å²) in [6.07, 6.45) is 8.15. The van der Waals surface area contributed by atoms with Crippen molar-refractivity contribution in [2.45, 2.75) is 44.1 Å². The van der Waals surface area contributed by atoms with Gasteiger partial charge in [-0.05, 0) is 68.4 Å². The number of benzene rings is 1. The van der Waals surface area contributed by atoms with Crippen LogP contribution in [0, 0.1) is 23.6 Å². The third-order valence-corrected chi connectivity index (χ3v) is 5.93. The fourth-order valence-corrected chi connectivity index (χ4v) is 5.45. The Labute approximate surface area is 114 Å². The molecular formula is C17H22FN. The Kier molecular flexibility index (Phi) is 2.46. The van der Waals surface area contributed by atoms with E-state index in [-0.39, 0.29) is 11.4 Å². The summed E-state index contributed by atoms with van der Waals surface area (Å²) in [5, 5.41) is 0. The van der Waals surface area contributed by atoms with Crippen LogP contribution in [0.4, 0.5) is 10.1 Å². The van der Waals surface area contributed by atoms with E-state index in [4.69, 9.17) is 0 Å². The van der Waals surface area contributed by atoms with Crippen molar-refractivity contribution in [1.29, 1.82) is 0 Å². The van der Waals surface area contributed by atoms with Crippen molar-refractivity contribution in [3.05, 3.63) is 30.1 Å². The van der Waals surface area contributed by atoms with Crippen LogP contribution in [0.1, 0.15) is 38.5 Å². The van der Waals surface area contributed by atoms with Gasteiger partial charge in [0.1, 0.15) is 5.82 Å². The van der Waals surface area contributed by atoms with Crippen LogP contribution in [0.5, 0.6) is 0 Å². The van der Waals surface area contributed by atoms with Gasteiger partial charge in [0.15, 0.2) is 0 Å². The molecule has 0 saturated heterocycles. The van der Waals surface area contributed by atoms with E-state index in [1.807, 2.05) is 12.1 Å². The second-order valence-electron chi connectivity index (χ2n) is 7.15. The van der Waals surface area contributed by atoms with Crippen molar-refractivity contribution in [3.63, 3.8) is 0 Å². The molecular weight excluding hydrogens is 237 g/mol. The van der Waals surface area contributed by atoms with Gasteiger partial charge >= 0.3 is 0 Å². The maximum absolute atomic E-state index is 14.1. The fraction of sp³-hybridized carbons (Fsp3) is 0.647. The molecule has 4 aliphatic carbocycles. The Morgan fingerprint density at radius 2 is 1.53 bits per heavy atom. The quantitative estimate of drug-likeness (QED) is 0.768. The van der Waals surface area contributed by atoms with Gasteiger partial charge in [0.25, 0.3) is 0 Å². The van der Waals surface area contributed by atoms with Gasteiger partial charge in [-0.3, -0.25) is 0 Å². The Balaban J connectivity index is 1.70. The summed E-state index contributed by atoms with van der Waals surface area (Å²) >= 11 is 0. The lowest BCUT2D eigenvalue weighted by molar-refractivity contribution is -0.00224. The standard InChI is InChI=1S/C17H22FN/c1-19(16-5-3-2-4-15(16)18)17-9-12-6-13(10-17)8-14(7-12)11-17/h2-5,12-14H,6-11H2,1H3. The van der Waals surface area contributed by atoms with Crippen LogP contribution in [0.3, 0.4) is 0 Å². The van der Waals surface area contributed by atoms with Crippen LogP contribution in [-0.4, -0.2) is 12.6 Å². The number of anilines is 1. The van der Waals surface area contributed by atoms with Gasteiger partial charge in [0.05, 0.1) is 5.69 Å². The number of rotatable bonds is 2. The molecule has 0 N–H and O–H groups in total. The van der Waals surface area contributed by atoms with Crippen molar-refractivity contribution in [3.8, 4) is 0 Å². The first-order chi connectivity index (χ1) is 9.16. The van der Waals surface area contributed by atoms with E-state index in [0.29, 0.717) is 0 Å². The highest BCUT2D eigenvalue weighted by atomic mass is 19.1. The molecule has 1 aromatic carbocycles. The predicted octanol–water partition coefficient (Wildman–Crippen LogP) is 4.23. The Morgan fingerprint density at radius 3 is 2.05 bits per heavy atom. The van der Waals surface area contributed by atoms with Gasteiger partial charge in [0, 0.05) is 12.6 Å². The number of hydrogen-bond acceptors (Lipinski definition) is 1. The average Bonchev–Trinajstić information content (AvgIpc) is 2.37. The highest BCUT2D eigenvalue weighted by molar-refractivity contribution is 5.50. The molecule has 0 unspecified atom stereocenters. The summed E-state index contributed by atoms with van der Waals surface area (Å²) in [5.74, 6) is 2.64. The molecule has 0 radical (unpaired) electrons. The zero-order valence-electron chi connectivity index (χ0n) is 11.6. The van der Waals surface area contributed by atoms with Gasteiger partial charge < -0.3 is 4.90 Å². The molecule has 0 atom stereocenters. The van der Waals surface area contributed by atoms with Gasteiger partial charge in [-0.15, -0.1) is 0 Å². The van der Waals surface area contributed by atoms with E-state index in [1.54, 1.807) is 12.1 Å². The van der Waals surface area contributed by atoms with Gasteiger partial charge in [-0.1, -0.05) is 12.1 Å². The van der Waals surface area contributed by atoms with Crippen molar-refractivity contribution in [2.24, 2.45) is 17.8 Å². The van der Waals surface area contributed by atoms with Crippen LogP contribution < -0.4 is 4.90 Å². The highest BCUT2D eigenvalue weighted by Gasteiger charge is 2.53. The van der Waals surface area contributed by atoms with E-state index in [2.05, 4.69) is 11.9 Å². The summed E-state index contributed by atoms with van der Waals surface area (Å²) in [6, 6.07) is 7.27. The first-order valence-electron chi connectivity index (χ1n) is 7.65. The minimum atomic E-state index is -0.0688. The molecule has 0 heterocycles. The Bertz CT molecular complexity index is 461. The van der Waals surface area contributed by atoms with Crippen LogP contribution in [0.25, 0.3) is 0 Å². The molecule has 4 aliphatic rings. The molecule has 2 heteroatoms. The molecule has 1 nitrogen and oxygen atoms in total. The third-order valence-electron chi connectivity index (χ3n) is 5.93. The normalized spacial score (nSPS) is 39.6. The van der Waals surface area contributed by atoms with Crippen LogP contribution in [0.2, 0.25) is 0 Å². The Morgan fingerprint density at radius 1 is 1.00 bits per heavy atom. The first kappa shape index (κ1) is 11.7. The monoisotopic (exact) mass is 259 g/mol. The molecule has 1 aromatic rings. The smallest absolute Gasteiger partial charge is 0.146 e.